The zero-order chi connectivity index (χ0) is 15.8. The highest BCUT2D eigenvalue weighted by atomic mass is 16.4. The van der Waals surface area contributed by atoms with Gasteiger partial charge in [-0.2, -0.15) is 0 Å². The average molecular weight is 288 g/mol. The second-order valence-electron chi connectivity index (χ2n) is 5.07. The molecule has 1 N–H and O–H groups in total. The zero-order valence-corrected chi connectivity index (χ0v) is 12.4. The van der Waals surface area contributed by atoms with Crippen LogP contribution in [0.25, 0.3) is 0 Å². The molecule has 4 nitrogen and oxygen atoms in total. The fourth-order valence-electron chi connectivity index (χ4n) is 2.01. The Morgan fingerprint density at radius 2 is 1.62 bits per heavy atom. The Bertz CT molecular complexity index is 570. The van der Waals surface area contributed by atoms with Crippen molar-refractivity contribution in [1.82, 2.24) is 0 Å². The first-order valence-corrected chi connectivity index (χ1v) is 6.88. The molecule has 0 bridgehead atoms. The van der Waals surface area contributed by atoms with Crippen LogP contribution in [0.2, 0.25) is 0 Å². The molecule has 0 atom stereocenters. The first kappa shape index (κ1) is 16.8. The van der Waals surface area contributed by atoms with Gasteiger partial charge in [-0.15, -0.1) is 0 Å². The summed E-state index contributed by atoms with van der Waals surface area (Å²) in [4.78, 5) is 33.8. The van der Waals surface area contributed by atoms with Crippen LogP contribution in [0.3, 0.4) is 0 Å². The van der Waals surface area contributed by atoms with E-state index in [1.807, 2.05) is 24.3 Å². The van der Waals surface area contributed by atoms with E-state index in [-0.39, 0.29) is 24.4 Å². The molecule has 4 heteroatoms. The summed E-state index contributed by atoms with van der Waals surface area (Å²) in [5, 5.41) is 8.57. The van der Waals surface area contributed by atoms with E-state index in [1.54, 1.807) is 13.0 Å². The summed E-state index contributed by atoms with van der Waals surface area (Å²) in [6.45, 7) is 3.22. The van der Waals surface area contributed by atoms with Gasteiger partial charge in [0.15, 0.2) is 5.78 Å². The third-order valence-corrected chi connectivity index (χ3v) is 3.16. The van der Waals surface area contributed by atoms with Gasteiger partial charge in [0.1, 0.15) is 5.78 Å². The largest absolute Gasteiger partial charge is 0.481 e. The summed E-state index contributed by atoms with van der Waals surface area (Å²) in [5.41, 5.74) is 2.29. The molecule has 0 fully saturated rings. The number of ketones is 2. The molecule has 1 aromatic carbocycles. The maximum atomic E-state index is 12.1. The van der Waals surface area contributed by atoms with Crippen molar-refractivity contribution in [2.75, 3.05) is 0 Å². The SMILES string of the molecule is CC(=O)Cc1ccccc1CC(=O)/C(C)=C\CCC(=O)O. The molecule has 112 valence electrons. The second kappa shape index (κ2) is 8.15. The van der Waals surface area contributed by atoms with Crippen molar-refractivity contribution in [3.05, 3.63) is 47.0 Å². The maximum absolute atomic E-state index is 12.1. The van der Waals surface area contributed by atoms with Crippen molar-refractivity contribution in [3.63, 3.8) is 0 Å². The van der Waals surface area contributed by atoms with Crippen LogP contribution in [-0.2, 0) is 27.2 Å². The number of carbonyl (C=O) groups is 3. The van der Waals surface area contributed by atoms with Crippen LogP contribution in [0, 0.1) is 0 Å². The fourth-order valence-corrected chi connectivity index (χ4v) is 2.01. The Balaban J connectivity index is 2.74. The molecule has 0 aromatic heterocycles. The molecule has 0 aliphatic carbocycles. The highest BCUT2D eigenvalue weighted by molar-refractivity contribution is 5.96. The van der Waals surface area contributed by atoms with Gasteiger partial charge >= 0.3 is 5.97 Å². The lowest BCUT2D eigenvalue weighted by Gasteiger charge is -2.08. The van der Waals surface area contributed by atoms with Crippen LogP contribution >= 0.6 is 0 Å². The quantitative estimate of drug-likeness (QED) is 0.747. The number of hydrogen-bond acceptors (Lipinski definition) is 3. The summed E-state index contributed by atoms with van der Waals surface area (Å²) in [6.07, 6.45) is 2.58. The number of allylic oxidation sites excluding steroid dienone is 2. The molecule has 0 aliphatic heterocycles. The molecule has 0 unspecified atom stereocenters. The lowest BCUT2D eigenvalue weighted by atomic mass is 9.96. The molecule has 1 aromatic rings. The molecule has 21 heavy (non-hydrogen) atoms. The van der Waals surface area contributed by atoms with E-state index in [2.05, 4.69) is 0 Å². The number of carboxylic acids is 1. The van der Waals surface area contributed by atoms with Gasteiger partial charge in [0.25, 0.3) is 0 Å². The van der Waals surface area contributed by atoms with Crippen LogP contribution in [0.1, 0.15) is 37.8 Å². The number of aliphatic carboxylic acids is 1. The Hall–Kier alpha value is -2.23. The molecule has 0 spiro atoms. The summed E-state index contributed by atoms with van der Waals surface area (Å²) in [6, 6.07) is 7.39. The molecule has 0 saturated heterocycles. The van der Waals surface area contributed by atoms with E-state index >= 15 is 0 Å². The van der Waals surface area contributed by atoms with Gasteiger partial charge in [-0.1, -0.05) is 30.3 Å². The summed E-state index contributed by atoms with van der Waals surface area (Å²) in [5.74, 6) is -0.863. The van der Waals surface area contributed by atoms with E-state index in [4.69, 9.17) is 5.11 Å². The average Bonchev–Trinajstić information content (AvgIpc) is 2.39. The number of carboxylic acid groups (broad SMARTS) is 1. The van der Waals surface area contributed by atoms with E-state index in [0.717, 1.165) is 11.1 Å². The van der Waals surface area contributed by atoms with Crippen molar-refractivity contribution in [2.24, 2.45) is 0 Å². The maximum Gasteiger partial charge on any atom is 0.303 e. The lowest BCUT2D eigenvalue weighted by Crippen LogP contribution is -2.08. The normalized spacial score (nSPS) is 11.2. The van der Waals surface area contributed by atoms with Gasteiger partial charge in [-0.05, 0) is 37.0 Å². The first-order chi connectivity index (χ1) is 9.90. The monoisotopic (exact) mass is 288 g/mol. The molecule has 1 rings (SSSR count). The van der Waals surface area contributed by atoms with Crippen LogP contribution in [-0.4, -0.2) is 22.6 Å². The molecular weight excluding hydrogens is 268 g/mol. The number of carbonyl (C=O) groups excluding carboxylic acids is 2. The van der Waals surface area contributed by atoms with Crippen molar-refractivity contribution < 1.29 is 19.5 Å². The Kier molecular flexibility index (Phi) is 6.53. The van der Waals surface area contributed by atoms with Crippen LogP contribution in [0.5, 0.6) is 0 Å². The highest BCUT2D eigenvalue weighted by Crippen LogP contribution is 2.13. The number of hydrogen-bond donors (Lipinski definition) is 1. The van der Waals surface area contributed by atoms with E-state index in [9.17, 15) is 14.4 Å². The summed E-state index contributed by atoms with van der Waals surface area (Å²) in [7, 11) is 0. The van der Waals surface area contributed by atoms with Crippen molar-refractivity contribution in [3.8, 4) is 0 Å². The van der Waals surface area contributed by atoms with Gasteiger partial charge in [-0.25, -0.2) is 0 Å². The number of rotatable bonds is 8. The van der Waals surface area contributed by atoms with Crippen LogP contribution in [0.15, 0.2) is 35.9 Å². The second-order valence-corrected chi connectivity index (χ2v) is 5.07. The van der Waals surface area contributed by atoms with Crippen LogP contribution < -0.4 is 0 Å². The predicted octanol–water partition coefficient (Wildman–Crippen LogP) is 2.74. The topological polar surface area (TPSA) is 71.4 Å². The lowest BCUT2D eigenvalue weighted by molar-refractivity contribution is -0.137. The Morgan fingerprint density at radius 3 is 2.14 bits per heavy atom. The third-order valence-electron chi connectivity index (χ3n) is 3.16. The molecule has 0 radical (unpaired) electrons. The van der Waals surface area contributed by atoms with Crippen LogP contribution in [0.4, 0.5) is 0 Å². The van der Waals surface area contributed by atoms with Gasteiger partial charge in [0.05, 0.1) is 0 Å². The smallest absolute Gasteiger partial charge is 0.303 e. The van der Waals surface area contributed by atoms with E-state index < -0.39 is 5.97 Å². The van der Waals surface area contributed by atoms with Gasteiger partial charge in [0, 0.05) is 19.3 Å². The fraction of sp³-hybridized carbons (Fsp3) is 0.353. The van der Waals surface area contributed by atoms with E-state index in [0.29, 0.717) is 18.4 Å². The minimum atomic E-state index is -0.877. The standard InChI is InChI=1S/C17H20O4/c1-12(6-5-9-17(20)21)16(19)11-15-8-4-3-7-14(15)10-13(2)18/h3-4,6-8H,5,9-11H2,1-2H3,(H,20,21)/b12-6-. The highest BCUT2D eigenvalue weighted by Gasteiger charge is 2.10. The first-order valence-electron chi connectivity index (χ1n) is 6.88. The minimum Gasteiger partial charge on any atom is -0.481 e. The third kappa shape index (κ3) is 6.17. The van der Waals surface area contributed by atoms with Crippen molar-refractivity contribution in [2.45, 2.75) is 39.5 Å². The molecule has 0 saturated carbocycles. The number of Topliss-reactive ketones (excluding diaryl/α,β-unsaturated/α-hetero) is 2. The van der Waals surface area contributed by atoms with Crippen molar-refractivity contribution >= 4 is 17.5 Å². The van der Waals surface area contributed by atoms with Gasteiger partial charge in [-0.3, -0.25) is 14.4 Å². The molecule has 0 amide bonds. The Labute approximate surface area is 124 Å². The molecule has 0 heterocycles. The zero-order valence-electron chi connectivity index (χ0n) is 12.4. The summed E-state index contributed by atoms with van der Waals surface area (Å²) < 4.78 is 0. The van der Waals surface area contributed by atoms with Crippen molar-refractivity contribution in [1.29, 1.82) is 0 Å². The molecule has 0 aliphatic rings. The Morgan fingerprint density at radius 1 is 1.05 bits per heavy atom. The van der Waals surface area contributed by atoms with Gasteiger partial charge < -0.3 is 5.11 Å². The predicted molar refractivity (Wildman–Crippen MR) is 80.2 cm³/mol. The number of benzene rings is 1. The molecular formula is C17H20O4. The minimum absolute atomic E-state index is 0.0194. The summed E-state index contributed by atoms with van der Waals surface area (Å²) >= 11 is 0. The van der Waals surface area contributed by atoms with Gasteiger partial charge in [0.2, 0.25) is 0 Å². The van der Waals surface area contributed by atoms with E-state index in [1.165, 1.54) is 6.92 Å².